The summed E-state index contributed by atoms with van der Waals surface area (Å²) < 4.78 is 0. The van der Waals surface area contributed by atoms with Crippen molar-refractivity contribution in [2.24, 2.45) is 0 Å². The van der Waals surface area contributed by atoms with Crippen LogP contribution in [0.3, 0.4) is 0 Å². The van der Waals surface area contributed by atoms with Crippen LogP contribution in [-0.4, -0.2) is 10.2 Å². The average Bonchev–Trinajstić information content (AvgIpc) is 2.48. The monoisotopic (exact) mass is 279 g/mol. The number of anilines is 1. The molecule has 0 aliphatic heterocycles. The van der Waals surface area contributed by atoms with Crippen LogP contribution < -0.4 is 5.32 Å². The van der Waals surface area contributed by atoms with E-state index in [1.54, 1.807) is 18.2 Å². The standard InChI is InChI=1S/C18H17NO2/c1-12-10-14(20)7-8-17(12)19-11-16-15-5-3-2-4-13(15)6-9-18(16)21/h2-10,19-21H,11H2,1H3. The molecule has 0 aromatic heterocycles. The summed E-state index contributed by atoms with van der Waals surface area (Å²) >= 11 is 0. The van der Waals surface area contributed by atoms with Crippen LogP contribution in [0.15, 0.2) is 54.6 Å². The van der Waals surface area contributed by atoms with E-state index in [2.05, 4.69) is 5.32 Å². The highest BCUT2D eigenvalue weighted by molar-refractivity contribution is 5.87. The second-order valence-electron chi connectivity index (χ2n) is 5.14. The number of hydrogen-bond donors (Lipinski definition) is 3. The second kappa shape index (κ2) is 5.37. The largest absolute Gasteiger partial charge is 0.508 e. The smallest absolute Gasteiger partial charge is 0.121 e. The first-order valence-electron chi connectivity index (χ1n) is 6.88. The Balaban J connectivity index is 1.93. The zero-order valence-corrected chi connectivity index (χ0v) is 11.8. The highest BCUT2D eigenvalue weighted by atomic mass is 16.3. The summed E-state index contributed by atoms with van der Waals surface area (Å²) in [6, 6.07) is 16.8. The molecule has 0 unspecified atom stereocenters. The molecule has 0 saturated carbocycles. The third kappa shape index (κ3) is 2.63. The highest BCUT2D eigenvalue weighted by Crippen LogP contribution is 2.28. The van der Waals surface area contributed by atoms with Crippen molar-refractivity contribution in [3.8, 4) is 11.5 Å². The molecule has 0 heterocycles. The van der Waals surface area contributed by atoms with Crippen LogP contribution in [0.2, 0.25) is 0 Å². The van der Waals surface area contributed by atoms with E-state index in [9.17, 15) is 10.2 Å². The molecule has 0 aliphatic carbocycles. The third-order valence-electron chi connectivity index (χ3n) is 3.68. The van der Waals surface area contributed by atoms with E-state index >= 15 is 0 Å². The summed E-state index contributed by atoms with van der Waals surface area (Å²) in [5, 5.41) is 25.0. The van der Waals surface area contributed by atoms with Gasteiger partial charge < -0.3 is 15.5 Å². The molecule has 21 heavy (non-hydrogen) atoms. The Morgan fingerprint density at radius 1 is 0.952 bits per heavy atom. The van der Waals surface area contributed by atoms with Crippen molar-refractivity contribution in [1.29, 1.82) is 0 Å². The van der Waals surface area contributed by atoms with Gasteiger partial charge in [0.2, 0.25) is 0 Å². The van der Waals surface area contributed by atoms with Gasteiger partial charge in [0.1, 0.15) is 11.5 Å². The summed E-state index contributed by atoms with van der Waals surface area (Å²) in [4.78, 5) is 0. The topological polar surface area (TPSA) is 52.5 Å². The van der Waals surface area contributed by atoms with Crippen LogP contribution in [0, 0.1) is 6.92 Å². The first kappa shape index (κ1) is 13.3. The zero-order chi connectivity index (χ0) is 14.8. The van der Waals surface area contributed by atoms with Crippen molar-refractivity contribution in [2.75, 3.05) is 5.32 Å². The molecule has 0 saturated heterocycles. The maximum absolute atomic E-state index is 10.1. The zero-order valence-electron chi connectivity index (χ0n) is 11.8. The van der Waals surface area contributed by atoms with Crippen molar-refractivity contribution in [3.05, 3.63) is 65.7 Å². The molecule has 3 rings (SSSR count). The molecule has 3 aromatic carbocycles. The Labute approximate surface area is 123 Å². The minimum atomic E-state index is 0.256. The maximum Gasteiger partial charge on any atom is 0.121 e. The van der Waals surface area contributed by atoms with Gasteiger partial charge >= 0.3 is 0 Å². The van der Waals surface area contributed by atoms with Gasteiger partial charge in [-0.05, 0) is 47.5 Å². The van der Waals surface area contributed by atoms with E-state index in [0.29, 0.717) is 6.54 Å². The van der Waals surface area contributed by atoms with Crippen LogP contribution in [0.5, 0.6) is 11.5 Å². The number of aromatic hydroxyl groups is 2. The van der Waals surface area contributed by atoms with Crippen LogP contribution in [0.25, 0.3) is 10.8 Å². The lowest BCUT2D eigenvalue weighted by molar-refractivity contribution is 0.470. The maximum atomic E-state index is 10.1. The Morgan fingerprint density at radius 2 is 1.76 bits per heavy atom. The Bertz CT molecular complexity index is 796. The molecule has 0 spiro atoms. The summed E-state index contributed by atoms with van der Waals surface area (Å²) in [7, 11) is 0. The number of aryl methyl sites for hydroxylation is 1. The molecule has 3 aromatic rings. The number of nitrogens with one attached hydrogen (secondary N) is 1. The van der Waals surface area contributed by atoms with E-state index in [1.165, 1.54) is 0 Å². The van der Waals surface area contributed by atoms with Gasteiger partial charge in [-0.3, -0.25) is 0 Å². The summed E-state index contributed by atoms with van der Waals surface area (Å²) in [6.45, 7) is 2.46. The van der Waals surface area contributed by atoms with Gasteiger partial charge in [0, 0.05) is 17.8 Å². The van der Waals surface area contributed by atoms with Crippen LogP contribution in [0.1, 0.15) is 11.1 Å². The SMILES string of the molecule is Cc1cc(O)ccc1NCc1c(O)ccc2ccccc12. The van der Waals surface area contributed by atoms with E-state index in [1.807, 2.05) is 43.3 Å². The molecule has 3 heteroatoms. The van der Waals surface area contributed by atoms with E-state index < -0.39 is 0 Å². The highest BCUT2D eigenvalue weighted by Gasteiger charge is 2.07. The van der Waals surface area contributed by atoms with Gasteiger partial charge in [0.15, 0.2) is 0 Å². The first-order valence-corrected chi connectivity index (χ1v) is 6.88. The molecule has 0 atom stereocenters. The van der Waals surface area contributed by atoms with Crippen molar-refractivity contribution >= 4 is 16.5 Å². The molecule has 0 fully saturated rings. The van der Waals surface area contributed by atoms with Crippen molar-refractivity contribution < 1.29 is 10.2 Å². The minimum Gasteiger partial charge on any atom is -0.508 e. The lowest BCUT2D eigenvalue weighted by Gasteiger charge is -2.13. The number of phenols is 2. The second-order valence-corrected chi connectivity index (χ2v) is 5.14. The molecule has 0 radical (unpaired) electrons. The molecule has 3 N–H and O–H groups in total. The fourth-order valence-electron chi connectivity index (χ4n) is 2.54. The van der Waals surface area contributed by atoms with Crippen LogP contribution in [0.4, 0.5) is 5.69 Å². The van der Waals surface area contributed by atoms with Gasteiger partial charge in [-0.15, -0.1) is 0 Å². The quantitative estimate of drug-likeness (QED) is 0.631. The molecular weight excluding hydrogens is 262 g/mol. The summed E-state index contributed by atoms with van der Waals surface area (Å²) in [5.74, 6) is 0.545. The third-order valence-corrected chi connectivity index (χ3v) is 3.68. The molecule has 3 nitrogen and oxygen atoms in total. The van der Waals surface area contributed by atoms with Crippen molar-refractivity contribution in [2.45, 2.75) is 13.5 Å². The number of benzene rings is 3. The van der Waals surface area contributed by atoms with Gasteiger partial charge in [0.25, 0.3) is 0 Å². The average molecular weight is 279 g/mol. The number of rotatable bonds is 3. The minimum absolute atomic E-state index is 0.256. The van der Waals surface area contributed by atoms with E-state index in [4.69, 9.17) is 0 Å². The van der Waals surface area contributed by atoms with Crippen molar-refractivity contribution in [1.82, 2.24) is 0 Å². The van der Waals surface area contributed by atoms with Crippen LogP contribution in [-0.2, 0) is 6.54 Å². The van der Waals surface area contributed by atoms with Gasteiger partial charge in [-0.25, -0.2) is 0 Å². The van der Waals surface area contributed by atoms with Crippen molar-refractivity contribution in [3.63, 3.8) is 0 Å². The van der Waals surface area contributed by atoms with E-state index in [0.717, 1.165) is 27.6 Å². The number of phenolic OH excluding ortho intramolecular Hbond substituents is 2. The molecule has 0 bridgehead atoms. The van der Waals surface area contributed by atoms with Gasteiger partial charge in [0.05, 0.1) is 0 Å². The van der Waals surface area contributed by atoms with Crippen LogP contribution >= 0.6 is 0 Å². The van der Waals surface area contributed by atoms with E-state index in [-0.39, 0.29) is 11.5 Å². The predicted octanol–water partition coefficient (Wildman–Crippen LogP) is 4.17. The Kier molecular flexibility index (Phi) is 3.40. The normalized spacial score (nSPS) is 10.7. The number of hydrogen-bond acceptors (Lipinski definition) is 3. The molecule has 106 valence electrons. The van der Waals surface area contributed by atoms with Gasteiger partial charge in [-0.1, -0.05) is 30.3 Å². The first-order chi connectivity index (χ1) is 10.1. The molecule has 0 amide bonds. The Hall–Kier alpha value is -2.68. The molecular formula is C18H17NO2. The fraction of sp³-hybridized carbons (Fsp3) is 0.111. The lowest BCUT2D eigenvalue weighted by Crippen LogP contribution is -2.02. The fourth-order valence-corrected chi connectivity index (χ4v) is 2.54. The summed E-state index contributed by atoms with van der Waals surface area (Å²) in [6.07, 6.45) is 0. The lowest BCUT2D eigenvalue weighted by atomic mass is 10.0. The predicted molar refractivity (Wildman–Crippen MR) is 85.8 cm³/mol. The molecule has 0 aliphatic rings. The number of fused-ring (bicyclic) bond motifs is 1. The van der Waals surface area contributed by atoms with Gasteiger partial charge in [-0.2, -0.15) is 0 Å². The summed E-state index contributed by atoms with van der Waals surface area (Å²) in [5.41, 5.74) is 2.79. The Morgan fingerprint density at radius 3 is 2.57 bits per heavy atom.